The van der Waals surface area contributed by atoms with Gasteiger partial charge in [0.15, 0.2) is 5.76 Å². The molecule has 5 heteroatoms. The Labute approximate surface area is 103 Å². The first-order valence-electron chi connectivity index (χ1n) is 5.49. The van der Waals surface area contributed by atoms with Crippen LogP contribution in [0.15, 0.2) is 45.3 Å². The van der Waals surface area contributed by atoms with Crippen LogP contribution in [0, 0.1) is 6.92 Å². The quantitative estimate of drug-likeness (QED) is 0.698. The van der Waals surface area contributed by atoms with E-state index in [-0.39, 0.29) is 0 Å². The Bertz CT molecular complexity index is 685. The lowest BCUT2D eigenvalue weighted by Gasteiger charge is -1.95. The van der Waals surface area contributed by atoms with Crippen LogP contribution in [0.1, 0.15) is 5.76 Å². The fourth-order valence-corrected chi connectivity index (χ4v) is 1.67. The summed E-state index contributed by atoms with van der Waals surface area (Å²) in [4.78, 5) is 4.28. The summed E-state index contributed by atoms with van der Waals surface area (Å²) in [7, 11) is 0. The number of aryl methyl sites for hydroxylation is 1. The molecule has 0 spiro atoms. The average Bonchev–Trinajstić information content (AvgIpc) is 2.97. The molecule has 1 aromatic carbocycles. The fourth-order valence-electron chi connectivity index (χ4n) is 1.67. The molecule has 2 heterocycles. The Morgan fingerprint density at radius 3 is 2.78 bits per heavy atom. The summed E-state index contributed by atoms with van der Waals surface area (Å²) >= 11 is 0. The summed E-state index contributed by atoms with van der Waals surface area (Å²) in [6.07, 6.45) is 0. The summed E-state index contributed by atoms with van der Waals surface area (Å²) in [5, 5.41) is 3.91. The molecule has 0 atom stereocenters. The molecular formula is C13H11N3O2. The van der Waals surface area contributed by atoms with Crippen molar-refractivity contribution >= 4 is 5.69 Å². The van der Waals surface area contributed by atoms with E-state index in [0.29, 0.717) is 23.2 Å². The lowest BCUT2D eigenvalue weighted by atomic mass is 10.2. The molecule has 3 aromatic rings. The lowest BCUT2D eigenvalue weighted by Crippen LogP contribution is -1.86. The van der Waals surface area contributed by atoms with Crippen molar-refractivity contribution in [3.8, 4) is 23.0 Å². The molecule has 3 rings (SSSR count). The van der Waals surface area contributed by atoms with Gasteiger partial charge in [-0.25, -0.2) is 0 Å². The van der Waals surface area contributed by atoms with Crippen molar-refractivity contribution in [2.75, 3.05) is 5.73 Å². The number of furan rings is 1. The molecule has 0 amide bonds. The third-order valence-corrected chi connectivity index (χ3v) is 2.52. The number of rotatable bonds is 2. The third-order valence-electron chi connectivity index (χ3n) is 2.52. The van der Waals surface area contributed by atoms with Gasteiger partial charge in [0.2, 0.25) is 5.82 Å². The predicted molar refractivity (Wildman–Crippen MR) is 66.6 cm³/mol. The van der Waals surface area contributed by atoms with Crippen molar-refractivity contribution < 1.29 is 8.94 Å². The average molecular weight is 241 g/mol. The Balaban J connectivity index is 1.99. The lowest BCUT2D eigenvalue weighted by molar-refractivity contribution is 0.414. The van der Waals surface area contributed by atoms with Crippen molar-refractivity contribution in [3.63, 3.8) is 0 Å². The topological polar surface area (TPSA) is 78.1 Å². The zero-order valence-corrected chi connectivity index (χ0v) is 9.75. The second-order valence-electron chi connectivity index (χ2n) is 3.96. The van der Waals surface area contributed by atoms with Crippen molar-refractivity contribution in [1.82, 2.24) is 10.1 Å². The van der Waals surface area contributed by atoms with Gasteiger partial charge in [0.1, 0.15) is 5.76 Å². The van der Waals surface area contributed by atoms with Gasteiger partial charge in [0.05, 0.1) is 0 Å². The highest BCUT2D eigenvalue weighted by Crippen LogP contribution is 2.24. The van der Waals surface area contributed by atoms with Gasteiger partial charge in [0.25, 0.3) is 5.89 Å². The number of nitrogens with two attached hydrogens (primary N) is 1. The van der Waals surface area contributed by atoms with Crippen LogP contribution >= 0.6 is 0 Å². The molecule has 18 heavy (non-hydrogen) atoms. The predicted octanol–water partition coefficient (Wildman–Crippen LogP) is 2.89. The van der Waals surface area contributed by atoms with Crippen molar-refractivity contribution in [2.24, 2.45) is 0 Å². The van der Waals surface area contributed by atoms with Crippen LogP contribution in [0.25, 0.3) is 23.0 Å². The molecule has 5 nitrogen and oxygen atoms in total. The second-order valence-corrected chi connectivity index (χ2v) is 3.96. The van der Waals surface area contributed by atoms with Crippen molar-refractivity contribution in [2.45, 2.75) is 6.92 Å². The van der Waals surface area contributed by atoms with Crippen LogP contribution in [0.5, 0.6) is 0 Å². The van der Waals surface area contributed by atoms with E-state index in [2.05, 4.69) is 10.1 Å². The van der Waals surface area contributed by atoms with Gasteiger partial charge < -0.3 is 14.7 Å². The molecule has 0 bridgehead atoms. The minimum Gasteiger partial charge on any atom is -0.456 e. The summed E-state index contributed by atoms with van der Waals surface area (Å²) in [6, 6.07) is 11.0. The number of aromatic nitrogens is 2. The van der Waals surface area contributed by atoms with Gasteiger partial charge in [-0.15, -0.1) is 0 Å². The van der Waals surface area contributed by atoms with Gasteiger partial charge in [-0.05, 0) is 31.2 Å². The number of nitrogens with zero attached hydrogens (tertiary/aromatic N) is 2. The van der Waals surface area contributed by atoms with E-state index in [0.717, 1.165) is 11.3 Å². The van der Waals surface area contributed by atoms with Crippen LogP contribution < -0.4 is 5.73 Å². The number of hydrogen-bond donors (Lipinski definition) is 1. The minimum atomic E-state index is 0.362. The van der Waals surface area contributed by atoms with E-state index in [1.807, 2.05) is 25.1 Å². The second kappa shape index (κ2) is 4.03. The van der Waals surface area contributed by atoms with Gasteiger partial charge >= 0.3 is 0 Å². The number of anilines is 1. The first kappa shape index (κ1) is 10.6. The summed E-state index contributed by atoms with van der Waals surface area (Å²) in [6.45, 7) is 1.86. The van der Waals surface area contributed by atoms with Crippen molar-refractivity contribution in [1.29, 1.82) is 0 Å². The molecule has 0 radical (unpaired) electrons. The summed E-state index contributed by atoms with van der Waals surface area (Å²) in [5.74, 6) is 2.22. The highest BCUT2D eigenvalue weighted by Gasteiger charge is 2.13. The number of hydrogen-bond acceptors (Lipinski definition) is 5. The molecule has 0 aliphatic heterocycles. The van der Waals surface area contributed by atoms with Crippen molar-refractivity contribution in [3.05, 3.63) is 42.2 Å². The Kier molecular flexibility index (Phi) is 2.37. The molecule has 2 aromatic heterocycles. The van der Waals surface area contributed by atoms with Crippen LogP contribution in [0.4, 0.5) is 5.69 Å². The maximum atomic E-state index is 5.71. The standard InChI is InChI=1S/C13H11N3O2/c1-8-5-6-11(17-8)13-15-12(16-18-13)9-3-2-4-10(14)7-9/h2-7H,14H2,1H3. The van der Waals surface area contributed by atoms with E-state index in [9.17, 15) is 0 Å². The molecule has 2 N–H and O–H groups in total. The van der Waals surface area contributed by atoms with E-state index in [4.69, 9.17) is 14.7 Å². The summed E-state index contributed by atoms with van der Waals surface area (Å²) < 4.78 is 10.6. The van der Waals surface area contributed by atoms with Crippen LogP contribution in [-0.2, 0) is 0 Å². The molecular weight excluding hydrogens is 230 g/mol. The normalized spacial score (nSPS) is 10.7. The molecule has 0 saturated carbocycles. The van der Waals surface area contributed by atoms with Gasteiger partial charge in [-0.3, -0.25) is 0 Å². The zero-order chi connectivity index (χ0) is 12.5. The largest absolute Gasteiger partial charge is 0.456 e. The molecule has 0 aliphatic carbocycles. The highest BCUT2D eigenvalue weighted by molar-refractivity contribution is 5.62. The maximum absolute atomic E-state index is 5.71. The fraction of sp³-hybridized carbons (Fsp3) is 0.0769. The molecule has 90 valence electrons. The maximum Gasteiger partial charge on any atom is 0.293 e. The monoisotopic (exact) mass is 241 g/mol. The zero-order valence-electron chi connectivity index (χ0n) is 9.75. The Morgan fingerprint density at radius 1 is 1.17 bits per heavy atom. The van der Waals surface area contributed by atoms with E-state index < -0.39 is 0 Å². The Morgan fingerprint density at radius 2 is 2.06 bits per heavy atom. The molecule has 0 fully saturated rings. The smallest absolute Gasteiger partial charge is 0.293 e. The van der Waals surface area contributed by atoms with Gasteiger partial charge in [-0.2, -0.15) is 4.98 Å². The number of nitrogen functional groups attached to an aromatic ring is 1. The summed E-state index contributed by atoms with van der Waals surface area (Å²) in [5.41, 5.74) is 7.19. The highest BCUT2D eigenvalue weighted by atomic mass is 16.5. The first-order chi connectivity index (χ1) is 8.72. The SMILES string of the molecule is Cc1ccc(-c2nc(-c3cccc(N)c3)no2)o1. The number of benzene rings is 1. The first-order valence-corrected chi connectivity index (χ1v) is 5.49. The van der Waals surface area contributed by atoms with Gasteiger partial charge in [-0.1, -0.05) is 17.3 Å². The molecule has 0 saturated heterocycles. The van der Waals surface area contributed by atoms with E-state index >= 15 is 0 Å². The van der Waals surface area contributed by atoms with Crippen LogP contribution in [0.3, 0.4) is 0 Å². The van der Waals surface area contributed by atoms with Crippen LogP contribution in [-0.4, -0.2) is 10.1 Å². The minimum absolute atomic E-state index is 0.362. The van der Waals surface area contributed by atoms with Crippen LogP contribution in [0.2, 0.25) is 0 Å². The Hall–Kier alpha value is -2.56. The third kappa shape index (κ3) is 1.86. The van der Waals surface area contributed by atoms with Gasteiger partial charge in [0, 0.05) is 11.3 Å². The molecule has 0 aliphatic rings. The molecule has 0 unspecified atom stereocenters. The van der Waals surface area contributed by atoms with E-state index in [1.165, 1.54) is 0 Å². The van der Waals surface area contributed by atoms with E-state index in [1.54, 1.807) is 18.2 Å².